The first kappa shape index (κ1) is 19.5. The molecule has 0 aliphatic carbocycles. The van der Waals surface area contributed by atoms with Gasteiger partial charge in [-0.2, -0.15) is 26.3 Å². The maximum absolute atomic E-state index is 13.3. The topological polar surface area (TPSA) is 27.7 Å². The van der Waals surface area contributed by atoms with Gasteiger partial charge in [-0.1, -0.05) is 0 Å². The van der Waals surface area contributed by atoms with Gasteiger partial charge in [0.15, 0.2) is 0 Å². The van der Waals surface area contributed by atoms with Crippen molar-refractivity contribution < 1.29 is 48.4 Å². The summed E-state index contributed by atoms with van der Waals surface area (Å²) in [5, 5.41) is 0. The molecule has 0 heterocycles. The van der Waals surface area contributed by atoms with Crippen LogP contribution in [-0.2, 0) is 13.3 Å². The lowest BCUT2D eigenvalue weighted by molar-refractivity contribution is -0.334. The van der Waals surface area contributed by atoms with E-state index in [1.54, 1.807) is 0 Å². The third kappa shape index (κ3) is 3.23. The lowest BCUT2D eigenvalue weighted by Gasteiger charge is -2.35. The van der Waals surface area contributed by atoms with Crippen molar-refractivity contribution in [3.8, 4) is 0 Å². The summed E-state index contributed by atoms with van der Waals surface area (Å²) >= 11 is 0. The highest BCUT2D eigenvalue weighted by Gasteiger charge is 2.77. The molecule has 122 valence electrons. The van der Waals surface area contributed by atoms with Crippen LogP contribution < -0.4 is 0 Å². The molecular formula is C8H12F8O3Si. The zero-order chi connectivity index (χ0) is 16.4. The van der Waals surface area contributed by atoms with Gasteiger partial charge in [0.05, 0.1) is 6.04 Å². The third-order valence-corrected chi connectivity index (χ3v) is 5.27. The van der Waals surface area contributed by atoms with Crippen LogP contribution in [0.25, 0.3) is 0 Å². The molecule has 0 amide bonds. The first-order valence-corrected chi connectivity index (χ1v) is 6.84. The van der Waals surface area contributed by atoms with Gasteiger partial charge in [0.1, 0.15) is 0 Å². The van der Waals surface area contributed by atoms with Gasteiger partial charge in [0.25, 0.3) is 0 Å². The van der Waals surface area contributed by atoms with Gasteiger partial charge in [-0.05, 0) is 0 Å². The van der Waals surface area contributed by atoms with E-state index in [2.05, 4.69) is 13.3 Å². The van der Waals surface area contributed by atoms with Gasteiger partial charge in [-0.3, -0.25) is 0 Å². The van der Waals surface area contributed by atoms with E-state index in [0.29, 0.717) is 0 Å². The number of halogens is 8. The molecule has 0 aliphatic heterocycles. The normalized spacial score (nSPS) is 15.0. The third-order valence-electron chi connectivity index (χ3n) is 2.52. The minimum Gasteiger partial charge on any atom is -0.377 e. The van der Waals surface area contributed by atoms with Gasteiger partial charge < -0.3 is 13.3 Å². The molecule has 12 heteroatoms. The quantitative estimate of drug-likeness (QED) is 0.504. The molecule has 0 bridgehead atoms. The number of alkyl halides is 8. The summed E-state index contributed by atoms with van der Waals surface area (Å²) in [6, 6.07) is -2.08. The average Bonchev–Trinajstić information content (AvgIpc) is 2.35. The minimum atomic E-state index is -6.30. The summed E-state index contributed by atoms with van der Waals surface area (Å²) in [7, 11) is -2.05. The van der Waals surface area contributed by atoms with Crippen LogP contribution in [-0.4, -0.2) is 54.3 Å². The lowest BCUT2D eigenvalue weighted by atomic mass is 10.1. The molecular weight excluding hydrogens is 324 g/mol. The highest BCUT2D eigenvalue weighted by atomic mass is 28.4. The first-order chi connectivity index (χ1) is 8.83. The zero-order valence-electron chi connectivity index (χ0n) is 10.5. The van der Waals surface area contributed by atoms with E-state index < -0.39 is 39.0 Å². The highest BCUT2D eigenvalue weighted by molar-refractivity contribution is 6.60. The zero-order valence-corrected chi connectivity index (χ0v) is 11.5. The molecule has 0 radical (unpaired) electrons. The molecule has 0 rings (SSSR count). The molecule has 0 aromatic carbocycles. The first-order valence-electron chi connectivity index (χ1n) is 4.90. The van der Waals surface area contributed by atoms with E-state index in [1.165, 1.54) is 0 Å². The molecule has 0 atom stereocenters. The van der Waals surface area contributed by atoms with Crippen molar-refractivity contribution in [3.63, 3.8) is 0 Å². The van der Waals surface area contributed by atoms with E-state index in [1.807, 2.05) is 0 Å². The summed E-state index contributed by atoms with van der Waals surface area (Å²) in [6.45, 7) is 0. The van der Waals surface area contributed by atoms with Crippen molar-refractivity contribution in [2.45, 2.75) is 30.2 Å². The maximum atomic E-state index is 13.3. The van der Waals surface area contributed by atoms with E-state index >= 15 is 0 Å². The van der Waals surface area contributed by atoms with E-state index in [4.69, 9.17) is 0 Å². The lowest BCUT2D eigenvalue weighted by Crippen LogP contribution is -2.61. The van der Waals surface area contributed by atoms with Crippen LogP contribution in [0, 0.1) is 0 Å². The molecule has 0 aliphatic rings. The van der Waals surface area contributed by atoms with Crippen molar-refractivity contribution >= 4 is 8.80 Å². The Labute approximate surface area is 110 Å². The Morgan fingerprint density at radius 1 is 0.850 bits per heavy atom. The summed E-state index contributed by atoms with van der Waals surface area (Å²) in [4.78, 5) is 0. The molecule has 0 fully saturated rings. The predicted octanol–water partition coefficient (Wildman–Crippen LogP) is 3.04. The van der Waals surface area contributed by atoms with Crippen molar-refractivity contribution in [3.05, 3.63) is 0 Å². The van der Waals surface area contributed by atoms with Crippen molar-refractivity contribution in [1.82, 2.24) is 0 Å². The summed E-state index contributed by atoms with van der Waals surface area (Å²) < 4.78 is 115. The largest absolute Gasteiger partial charge is 0.506 e. The van der Waals surface area contributed by atoms with Crippen LogP contribution in [0.5, 0.6) is 0 Å². The fraction of sp³-hybridized carbons (Fsp3) is 1.00. The number of hydrogen-bond acceptors (Lipinski definition) is 3. The summed E-state index contributed by atoms with van der Waals surface area (Å²) in [5.74, 6) is -18.0. The molecule has 3 nitrogen and oxygen atoms in total. The van der Waals surface area contributed by atoms with Crippen molar-refractivity contribution in [2.75, 3.05) is 21.3 Å². The molecule has 0 aromatic heterocycles. The number of hydrogen-bond donors (Lipinski definition) is 0. The minimum absolute atomic E-state index is 0.776. The Morgan fingerprint density at radius 3 is 1.45 bits per heavy atom. The monoisotopic (exact) mass is 336 g/mol. The Balaban J connectivity index is 5.51. The Bertz CT molecular complexity index is 313. The predicted molar refractivity (Wildman–Crippen MR) is 52.4 cm³/mol. The summed E-state index contributed by atoms with van der Waals surface area (Å²) in [6.07, 6.45) is -4.97. The number of rotatable bonds is 8. The van der Waals surface area contributed by atoms with E-state index in [-0.39, 0.29) is 0 Å². The van der Waals surface area contributed by atoms with E-state index in [9.17, 15) is 35.1 Å². The molecule has 0 saturated carbocycles. The van der Waals surface area contributed by atoms with Gasteiger partial charge in [-0.25, -0.2) is 8.78 Å². The molecule has 0 aromatic rings. The summed E-state index contributed by atoms with van der Waals surface area (Å²) in [5.41, 5.74) is 0. The molecule has 20 heavy (non-hydrogen) atoms. The second-order valence-electron chi connectivity index (χ2n) is 3.67. The fourth-order valence-electron chi connectivity index (χ4n) is 1.23. The van der Waals surface area contributed by atoms with Gasteiger partial charge >= 0.3 is 33.0 Å². The second-order valence-corrected chi connectivity index (χ2v) is 6.62. The van der Waals surface area contributed by atoms with Crippen LogP contribution in [0.3, 0.4) is 0 Å². The van der Waals surface area contributed by atoms with Crippen molar-refractivity contribution in [2.24, 2.45) is 0 Å². The van der Waals surface area contributed by atoms with E-state index in [0.717, 1.165) is 21.3 Å². The molecule has 0 N–H and O–H groups in total. The van der Waals surface area contributed by atoms with Crippen LogP contribution in [0.15, 0.2) is 0 Å². The van der Waals surface area contributed by atoms with Crippen LogP contribution in [0.1, 0.15) is 0 Å². The fourth-order valence-corrected chi connectivity index (χ4v) is 2.93. The SMILES string of the molecule is CO[Si](CC(F)(F)C(F)(F)C(F)(F)C(F)F)(OC)OC. The average molecular weight is 336 g/mol. The molecule has 0 spiro atoms. The van der Waals surface area contributed by atoms with Crippen LogP contribution >= 0.6 is 0 Å². The highest BCUT2D eigenvalue weighted by Crippen LogP contribution is 2.51. The molecule has 0 unspecified atom stereocenters. The second kappa shape index (κ2) is 6.11. The van der Waals surface area contributed by atoms with Gasteiger partial charge in [-0.15, -0.1) is 0 Å². The van der Waals surface area contributed by atoms with Gasteiger partial charge in [0, 0.05) is 21.3 Å². The maximum Gasteiger partial charge on any atom is 0.506 e. The molecule has 0 saturated heterocycles. The smallest absolute Gasteiger partial charge is 0.377 e. The van der Waals surface area contributed by atoms with Crippen molar-refractivity contribution in [1.29, 1.82) is 0 Å². The van der Waals surface area contributed by atoms with Crippen LogP contribution in [0.4, 0.5) is 35.1 Å². The van der Waals surface area contributed by atoms with Gasteiger partial charge in [0.2, 0.25) is 0 Å². The Kier molecular flexibility index (Phi) is 5.97. The Morgan fingerprint density at radius 2 is 1.20 bits per heavy atom. The van der Waals surface area contributed by atoms with Crippen LogP contribution in [0.2, 0.25) is 6.04 Å². The standard InChI is InChI=1S/C8H12F8O3Si/c1-17-20(18-2,19-3)4-6(11,12)8(15,16)7(13,14)5(9)10/h5H,4H2,1-3H3. The Hall–Kier alpha value is -0.463.